The molecule has 3 heteroatoms. The van der Waals surface area contributed by atoms with Crippen LogP contribution in [0.25, 0.3) is 11.1 Å². The van der Waals surface area contributed by atoms with Crippen molar-refractivity contribution in [1.29, 1.82) is 0 Å². The van der Waals surface area contributed by atoms with Crippen molar-refractivity contribution < 1.29 is 14.2 Å². The van der Waals surface area contributed by atoms with Crippen LogP contribution in [-0.4, -0.2) is 19.8 Å². The molecule has 0 atom stereocenters. The first kappa shape index (κ1) is 20.0. The van der Waals surface area contributed by atoms with E-state index in [1.54, 1.807) is 0 Å². The molecule has 3 nitrogen and oxygen atoms in total. The minimum atomic E-state index is 0.538. The minimum absolute atomic E-state index is 0.538. The van der Waals surface area contributed by atoms with Gasteiger partial charge in [0.05, 0.1) is 19.8 Å². The Labute approximate surface area is 167 Å². The van der Waals surface area contributed by atoms with E-state index in [0.29, 0.717) is 19.8 Å². The lowest BCUT2D eigenvalue weighted by atomic mass is 10.1. The van der Waals surface area contributed by atoms with E-state index in [9.17, 15) is 0 Å². The molecule has 3 aromatic rings. The van der Waals surface area contributed by atoms with Crippen molar-refractivity contribution in [3.63, 3.8) is 0 Å². The molecule has 3 aromatic carbocycles. The highest BCUT2D eigenvalue weighted by molar-refractivity contribution is 5.64. The zero-order valence-electron chi connectivity index (χ0n) is 16.5. The second-order valence-corrected chi connectivity index (χ2v) is 6.64. The SMILES string of the molecule is CCCCOc1ccc(-c2ccc(OCCOCc3ccccc3)cc2)cc1. The first-order chi connectivity index (χ1) is 13.8. The molecule has 0 amide bonds. The standard InChI is InChI=1S/C25H28O3/c1-2-3-17-27-24-13-9-22(10-14-24)23-11-15-25(16-12-23)28-19-18-26-20-21-7-5-4-6-8-21/h4-16H,2-3,17-20H2,1H3. The van der Waals surface area contributed by atoms with Gasteiger partial charge in [0, 0.05) is 0 Å². The Kier molecular flexibility index (Phi) is 7.95. The van der Waals surface area contributed by atoms with Gasteiger partial charge in [0.2, 0.25) is 0 Å². The molecule has 146 valence electrons. The smallest absolute Gasteiger partial charge is 0.119 e. The number of hydrogen-bond donors (Lipinski definition) is 0. The molecule has 0 N–H and O–H groups in total. The van der Waals surface area contributed by atoms with Crippen LogP contribution in [0.5, 0.6) is 11.5 Å². The molecule has 3 rings (SSSR count). The van der Waals surface area contributed by atoms with Crippen LogP contribution in [-0.2, 0) is 11.3 Å². The van der Waals surface area contributed by atoms with Gasteiger partial charge in [-0.15, -0.1) is 0 Å². The summed E-state index contributed by atoms with van der Waals surface area (Å²) in [6.07, 6.45) is 2.23. The Morgan fingerprint density at radius 2 is 1.18 bits per heavy atom. The van der Waals surface area contributed by atoms with Crippen molar-refractivity contribution in [2.75, 3.05) is 19.8 Å². The van der Waals surface area contributed by atoms with Gasteiger partial charge in [0.1, 0.15) is 18.1 Å². The first-order valence-electron chi connectivity index (χ1n) is 9.93. The normalized spacial score (nSPS) is 10.6. The summed E-state index contributed by atoms with van der Waals surface area (Å²) in [5.74, 6) is 1.78. The molecule has 0 fully saturated rings. The summed E-state index contributed by atoms with van der Waals surface area (Å²) < 4.78 is 17.1. The van der Waals surface area contributed by atoms with Crippen molar-refractivity contribution in [3.05, 3.63) is 84.4 Å². The van der Waals surface area contributed by atoms with E-state index in [1.807, 2.05) is 42.5 Å². The zero-order chi connectivity index (χ0) is 19.4. The van der Waals surface area contributed by atoms with Gasteiger partial charge in [0.25, 0.3) is 0 Å². The molecule has 0 unspecified atom stereocenters. The molecular formula is C25H28O3. The fourth-order valence-electron chi connectivity index (χ4n) is 2.80. The van der Waals surface area contributed by atoms with Gasteiger partial charge in [-0.25, -0.2) is 0 Å². The Bertz CT molecular complexity index is 795. The van der Waals surface area contributed by atoms with Gasteiger partial charge in [-0.1, -0.05) is 67.9 Å². The molecule has 0 spiro atoms. The van der Waals surface area contributed by atoms with E-state index in [1.165, 1.54) is 11.1 Å². The lowest BCUT2D eigenvalue weighted by molar-refractivity contribution is 0.0889. The van der Waals surface area contributed by atoms with Gasteiger partial charge < -0.3 is 14.2 Å². The fraction of sp³-hybridized carbons (Fsp3) is 0.280. The predicted molar refractivity (Wildman–Crippen MR) is 114 cm³/mol. The Morgan fingerprint density at radius 3 is 1.75 bits per heavy atom. The van der Waals surface area contributed by atoms with Crippen LogP contribution in [0.3, 0.4) is 0 Å². The maximum atomic E-state index is 5.76. The summed E-state index contributed by atoms with van der Waals surface area (Å²) in [6, 6.07) is 26.5. The summed E-state index contributed by atoms with van der Waals surface area (Å²) >= 11 is 0. The van der Waals surface area contributed by atoms with Gasteiger partial charge in [-0.2, -0.15) is 0 Å². The van der Waals surface area contributed by atoms with Crippen molar-refractivity contribution in [3.8, 4) is 22.6 Å². The number of ether oxygens (including phenoxy) is 3. The summed E-state index contributed by atoms with van der Waals surface area (Å²) in [5.41, 5.74) is 3.50. The third-order valence-electron chi connectivity index (χ3n) is 4.42. The highest BCUT2D eigenvalue weighted by Crippen LogP contribution is 2.24. The molecule has 0 saturated heterocycles. The summed E-state index contributed by atoms with van der Waals surface area (Å²) in [6.45, 7) is 4.65. The second kappa shape index (κ2) is 11.2. The van der Waals surface area contributed by atoms with Crippen molar-refractivity contribution in [1.82, 2.24) is 0 Å². The van der Waals surface area contributed by atoms with Crippen LogP contribution < -0.4 is 9.47 Å². The average molecular weight is 376 g/mol. The van der Waals surface area contributed by atoms with E-state index >= 15 is 0 Å². The van der Waals surface area contributed by atoms with Crippen molar-refractivity contribution >= 4 is 0 Å². The van der Waals surface area contributed by atoms with Crippen LogP contribution in [0.4, 0.5) is 0 Å². The molecule has 0 aliphatic carbocycles. The lowest BCUT2D eigenvalue weighted by Gasteiger charge is -2.09. The van der Waals surface area contributed by atoms with E-state index in [2.05, 4.69) is 43.3 Å². The molecular weight excluding hydrogens is 348 g/mol. The second-order valence-electron chi connectivity index (χ2n) is 6.64. The minimum Gasteiger partial charge on any atom is -0.494 e. The fourth-order valence-corrected chi connectivity index (χ4v) is 2.80. The molecule has 0 saturated carbocycles. The van der Waals surface area contributed by atoms with E-state index in [4.69, 9.17) is 14.2 Å². The topological polar surface area (TPSA) is 27.7 Å². The molecule has 0 radical (unpaired) electrons. The summed E-state index contributed by atoms with van der Waals surface area (Å²) in [4.78, 5) is 0. The zero-order valence-corrected chi connectivity index (χ0v) is 16.5. The van der Waals surface area contributed by atoms with Crippen molar-refractivity contribution in [2.24, 2.45) is 0 Å². The summed E-state index contributed by atoms with van der Waals surface area (Å²) in [5, 5.41) is 0. The maximum absolute atomic E-state index is 5.76. The third-order valence-corrected chi connectivity index (χ3v) is 4.42. The quantitative estimate of drug-likeness (QED) is 0.377. The van der Waals surface area contributed by atoms with Gasteiger partial charge in [0.15, 0.2) is 0 Å². The van der Waals surface area contributed by atoms with Crippen molar-refractivity contribution in [2.45, 2.75) is 26.4 Å². The number of hydrogen-bond acceptors (Lipinski definition) is 3. The van der Waals surface area contributed by atoms with Gasteiger partial charge in [-0.3, -0.25) is 0 Å². The maximum Gasteiger partial charge on any atom is 0.119 e. The molecule has 0 aliphatic rings. The Morgan fingerprint density at radius 1 is 0.607 bits per heavy atom. The average Bonchev–Trinajstić information content (AvgIpc) is 2.75. The first-order valence-corrected chi connectivity index (χ1v) is 9.93. The molecule has 0 aliphatic heterocycles. The monoisotopic (exact) mass is 376 g/mol. The molecule has 0 heterocycles. The van der Waals surface area contributed by atoms with E-state index in [0.717, 1.165) is 36.5 Å². The lowest BCUT2D eigenvalue weighted by Crippen LogP contribution is -2.06. The van der Waals surface area contributed by atoms with Crippen LogP contribution >= 0.6 is 0 Å². The van der Waals surface area contributed by atoms with Gasteiger partial charge in [-0.05, 0) is 47.4 Å². The van der Waals surface area contributed by atoms with Crippen LogP contribution in [0.2, 0.25) is 0 Å². The number of unbranched alkanes of at least 4 members (excludes halogenated alkanes) is 1. The van der Waals surface area contributed by atoms with Crippen LogP contribution in [0.15, 0.2) is 78.9 Å². The van der Waals surface area contributed by atoms with Crippen LogP contribution in [0, 0.1) is 0 Å². The summed E-state index contributed by atoms with van der Waals surface area (Å²) in [7, 11) is 0. The van der Waals surface area contributed by atoms with Gasteiger partial charge >= 0.3 is 0 Å². The van der Waals surface area contributed by atoms with E-state index < -0.39 is 0 Å². The number of benzene rings is 3. The molecule has 28 heavy (non-hydrogen) atoms. The van der Waals surface area contributed by atoms with E-state index in [-0.39, 0.29) is 0 Å². The predicted octanol–water partition coefficient (Wildman–Crippen LogP) is 6.13. The highest BCUT2D eigenvalue weighted by atomic mass is 16.5. The molecule has 0 bridgehead atoms. The Hall–Kier alpha value is -2.78. The highest BCUT2D eigenvalue weighted by Gasteiger charge is 2.01. The van der Waals surface area contributed by atoms with Crippen LogP contribution in [0.1, 0.15) is 25.3 Å². The number of rotatable bonds is 11. The largest absolute Gasteiger partial charge is 0.494 e. The Balaban J connectivity index is 1.41. The third kappa shape index (κ3) is 6.43. The molecule has 0 aromatic heterocycles.